The molecule has 0 bridgehead atoms. The highest BCUT2D eigenvalue weighted by atomic mass is 79.9. The van der Waals surface area contributed by atoms with Crippen molar-refractivity contribution in [3.63, 3.8) is 0 Å². The minimum Gasteiger partial charge on any atom is -0.497 e. The molecule has 0 atom stereocenters. The van der Waals surface area contributed by atoms with Crippen LogP contribution >= 0.6 is 15.9 Å². The van der Waals surface area contributed by atoms with E-state index in [1.807, 2.05) is 6.92 Å². The van der Waals surface area contributed by atoms with Gasteiger partial charge in [-0.3, -0.25) is 0 Å². The van der Waals surface area contributed by atoms with Crippen molar-refractivity contribution in [2.45, 2.75) is 20.8 Å². The Hall–Kier alpha value is -2.40. The van der Waals surface area contributed by atoms with Crippen molar-refractivity contribution in [3.05, 3.63) is 69.6 Å². The van der Waals surface area contributed by atoms with Gasteiger partial charge in [-0.1, -0.05) is 28.6 Å². The van der Waals surface area contributed by atoms with Gasteiger partial charge in [-0.2, -0.15) is 5.10 Å². The number of aryl methyl sites for hydroxylation is 2. The third-order valence-electron chi connectivity index (χ3n) is 4.45. The zero-order valence-corrected chi connectivity index (χ0v) is 16.8. The van der Waals surface area contributed by atoms with Crippen LogP contribution in [0.2, 0.25) is 0 Å². The molecule has 26 heavy (non-hydrogen) atoms. The van der Waals surface area contributed by atoms with E-state index in [1.165, 1.54) is 19.2 Å². The number of aromatic nitrogens is 2. The SMILES string of the molecule is C=Cc1nn(-c2cc(F)cc(OC)c2)c(-c2cc(Br)c(C)cc2C)c1C. The highest BCUT2D eigenvalue weighted by Gasteiger charge is 2.19. The van der Waals surface area contributed by atoms with Crippen molar-refractivity contribution in [2.75, 3.05) is 7.11 Å². The van der Waals surface area contributed by atoms with Crippen LogP contribution in [0.5, 0.6) is 5.75 Å². The smallest absolute Gasteiger partial charge is 0.129 e. The molecule has 3 nitrogen and oxygen atoms in total. The summed E-state index contributed by atoms with van der Waals surface area (Å²) in [5, 5.41) is 4.65. The maximum Gasteiger partial charge on any atom is 0.129 e. The normalized spacial score (nSPS) is 10.8. The van der Waals surface area contributed by atoms with E-state index in [2.05, 4.69) is 53.6 Å². The van der Waals surface area contributed by atoms with Gasteiger partial charge in [0.15, 0.2) is 0 Å². The molecule has 0 aliphatic heterocycles. The fourth-order valence-electron chi connectivity index (χ4n) is 3.08. The Morgan fingerprint density at radius 2 is 1.85 bits per heavy atom. The fourth-order valence-corrected chi connectivity index (χ4v) is 3.42. The molecule has 0 saturated heterocycles. The average Bonchev–Trinajstić information content (AvgIpc) is 2.94. The number of benzene rings is 2. The summed E-state index contributed by atoms with van der Waals surface area (Å²) in [7, 11) is 1.52. The largest absolute Gasteiger partial charge is 0.497 e. The average molecular weight is 415 g/mol. The molecule has 0 N–H and O–H groups in total. The molecule has 0 aliphatic rings. The van der Waals surface area contributed by atoms with Gasteiger partial charge in [-0.15, -0.1) is 0 Å². The molecule has 0 aliphatic carbocycles. The number of hydrogen-bond acceptors (Lipinski definition) is 2. The lowest BCUT2D eigenvalue weighted by atomic mass is 9.99. The lowest BCUT2D eigenvalue weighted by molar-refractivity contribution is 0.411. The molecule has 3 aromatic rings. The summed E-state index contributed by atoms with van der Waals surface area (Å²) < 4.78 is 22.1. The van der Waals surface area contributed by atoms with E-state index in [4.69, 9.17) is 4.74 Å². The van der Waals surface area contributed by atoms with Crippen LogP contribution in [0.3, 0.4) is 0 Å². The second-order valence-corrected chi connectivity index (χ2v) is 7.09. The summed E-state index contributed by atoms with van der Waals surface area (Å²) in [4.78, 5) is 0. The quantitative estimate of drug-likeness (QED) is 0.521. The van der Waals surface area contributed by atoms with Gasteiger partial charge >= 0.3 is 0 Å². The van der Waals surface area contributed by atoms with E-state index >= 15 is 0 Å². The topological polar surface area (TPSA) is 27.1 Å². The Labute approximate surface area is 161 Å². The van der Waals surface area contributed by atoms with Gasteiger partial charge in [0.25, 0.3) is 0 Å². The Morgan fingerprint density at radius 1 is 1.12 bits per heavy atom. The van der Waals surface area contributed by atoms with Gasteiger partial charge in [-0.05, 0) is 50.1 Å². The number of ether oxygens (including phenoxy) is 1. The molecule has 0 unspecified atom stereocenters. The molecular formula is C21H20BrFN2O. The van der Waals surface area contributed by atoms with Crippen molar-refractivity contribution in [1.82, 2.24) is 9.78 Å². The first-order valence-electron chi connectivity index (χ1n) is 8.19. The maximum absolute atomic E-state index is 14.1. The first-order valence-corrected chi connectivity index (χ1v) is 8.99. The van der Waals surface area contributed by atoms with E-state index in [0.717, 1.165) is 38.1 Å². The summed E-state index contributed by atoms with van der Waals surface area (Å²) in [6.45, 7) is 9.97. The van der Waals surface area contributed by atoms with Crippen LogP contribution in [0.25, 0.3) is 23.0 Å². The first kappa shape index (κ1) is 18.4. The molecule has 3 rings (SSSR count). The molecular weight excluding hydrogens is 395 g/mol. The molecule has 0 spiro atoms. The fraction of sp³-hybridized carbons (Fsp3) is 0.190. The third-order valence-corrected chi connectivity index (χ3v) is 5.30. The van der Waals surface area contributed by atoms with Crippen molar-refractivity contribution >= 4 is 22.0 Å². The summed E-state index contributed by atoms with van der Waals surface area (Å²) in [5.74, 6) is 0.0708. The number of hydrogen-bond donors (Lipinski definition) is 0. The van der Waals surface area contributed by atoms with Crippen LogP contribution in [-0.4, -0.2) is 16.9 Å². The molecule has 1 aromatic heterocycles. The molecule has 0 radical (unpaired) electrons. The molecule has 5 heteroatoms. The minimum absolute atomic E-state index is 0.375. The maximum atomic E-state index is 14.1. The van der Waals surface area contributed by atoms with Crippen LogP contribution < -0.4 is 4.74 Å². The third kappa shape index (κ3) is 3.19. The summed E-state index contributed by atoms with van der Waals surface area (Å²) in [6.07, 6.45) is 1.71. The second kappa shape index (κ2) is 7.08. The molecule has 0 amide bonds. The van der Waals surface area contributed by atoms with Gasteiger partial charge in [0.1, 0.15) is 11.6 Å². The molecule has 0 saturated carbocycles. The lowest BCUT2D eigenvalue weighted by Gasteiger charge is -2.14. The summed E-state index contributed by atoms with van der Waals surface area (Å²) in [5.41, 5.74) is 6.57. The number of rotatable bonds is 4. The lowest BCUT2D eigenvalue weighted by Crippen LogP contribution is -2.02. The zero-order valence-electron chi connectivity index (χ0n) is 15.2. The first-order chi connectivity index (χ1) is 12.3. The second-order valence-electron chi connectivity index (χ2n) is 6.24. The van der Waals surface area contributed by atoms with E-state index < -0.39 is 0 Å². The Bertz CT molecular complexity index is 1010. The van der Waals surface area contributed by atoms with Crippen LogP contribution in [-0.2, 0) is 0 Å². The van der Waals surface area contributed by atoms with Gasteiger partial charge in [0, 0.05) is 27.7 Å². The summed E-state index contributed by atoms with van der Waals surface area (Å²) in [6, 6.07) is 8.76. The van der Waals surface area contributed by atoms with Gasteiger partial charge in [0.05, 0.1) is 24.2 Å². The van der Waals surface area contributed by atoms with E-state index in [0.29, 0.717) is 11.4 Å². The highest BCUT2D eigenvalue weighted by molar-refractivity contribution is 9.10. The Morgan fingerprint density at radius 3 is 2.50 bits per heavy atom. The molecule has 0 fully saturated rings. The standard InChI is InChI=1S/C21H20BrFN2O/c1-6-20-14(4)21(18-11-19(22)13(3)7-12(18)2)25(24-20)16-8-15(23)9-17(10-16)26-5/h6-11H,1H2,2-5H3. The van der Waals surface area contributed by atoms with Crippen molar-refractivity contribution in [3.8, 4) is 22.7 Å². The van der Waals surface area contributed by atoms with Gasteiger partial charge in [0.2, 0.25) is 0 Å². The highest BCUT2D eigenvalue weighted by Crippen LogP contribution is 2.35. The molecule has 1 heterocycles. The van der Waals surface area contributed by atoms with Gasteiger partial charge in [-0.25, -0.2) is 9.07 Å². The van der Waals surface area contributed by atoms with E-state index in [9.17, 15) is 4.39 Å². The minimum atomic E-state index is -0.375. The monoisotopic (exact) mass is 414 g/mol. The van der Waals surface area contributed by atoms with Crippen molar-refractivity contribution < 1.29 is 9.13 Å². The van der Waals surface area contributed by atoms with Crippen LogP contribution in [0.4, 0.5) is 4.39 Å². The van der Waals surface area contributed by atoms with E-state index in [-0.39, 0.29) is 5.82 Å². The van der Waals surface area contributed by atoms with Crippen LogP contribution in [0, 0.1) is 26.6 Å². The molecule has 134 valence electrons. The Kier molecular flexibility index (Phi) is 5.01. The number of methoxy groups -OCH3 is 1. The van der Waals surface area contributed by atoms with Crippen LogP contribution in [0.15, 0.2) is 41.4 Å². The predicted molar refractivity (Wildman–Crippen MR) is 108 cm³/mol. The number of nitrogens with zero attached hydrogens (tertiary/aromatic N) is 2. The van der Waals surface area contributed by atoms with Crippen molar-refractivity contribution in [2.24, 2.45) is 0 Å². The number of halogens is 2. The van der Waals surface area contributed by atoms with Crippen molar-refractivity contribution in [1.29, 1.82) is 0 Å². The van der Waals surface area contributed by atoms with Gasteiger partial charge < -0.3 is 4.74 Å². The molecule has 2 aromatic carbocycles. The predicted octanol–water partition coefficient (Wildman–Crippen LogP) is 6.02. The van der Waals surface area contributed by atoms with E-state index in [1.54, 1.807) is 16.8 Å². The zero-order chi connectivity index (χ0) is 19.0. The van der Waals surface area contributed by atoms with Crippen LogP contribution in [0.1, 0.15) is 22.4 Å². The summed E-state index contributed by atoms with van der Waals surface area (Å²) >= 11 is 3.61. The Balaban J connectivity index is 2.34.